The predicted octanol–water partition coefficient (Wildman–Crippen LogP) is 4.99. The van der Waals surface area contributed by atoms with Gasteiger partial charge in [-0.25, -0.2) is 0 Å². The fraction of sp³-hybridized carbons (Fsp3) is 0.125. The van der Waals surface area contributed by atoms with Crippen LogP contribution in [0.3, 0.4) is 0 Å². The third-order valence-corrected chi connectivity index (χ3v) is 2.67. The molecule has 0 N–H and O–H groups in total. The summed E-state index contributed by atoms with van der Waals surface area (Å²) < 4.78 is 0. The van der Waals surface area contributed by atoms with Gasteiger partial charge in [0, 0.05) is 0 Å². The lowest BCUT2D eigenvalue weighted by Crippen LogP contribution is -1.79. The second-order valence-corrected chi connectivity index (χ2v) is 4.02. The van der Waals surface area contributed by atoms with E-state index in [2.05, 4.69) is 41.1 Å². The minimum absolute atomic E-state index is 0.797. The molecule has 90 valence electrons. The highest BCUT2D eigenvalue weighted by Gasteiger charge is 2.04. The summed E-state index contributed by atoms with van der Waals surface area (Å²) in [6.45, 7) is 5.62. The molecule has 1 aromatic carbocycles. The van der Waals surface area contributed by atoms with Crippen LogP contribution in [0.5, 0.6) is 0 Å². The number of hydrogen-bond donors (Lipinski definition) is 0. The summed E-state index contributed by atoms with van der Waals surface area (Å²) >= 11 is 0. The van der Waals surface area contributed by atoms with E-state index in [-0.39, 0.29) is 0 Å². The Kier molecular flexibility index (Phi) is 4.02. The third kappa shape index (κ3) is 2.92. The molecule has 0 saturated carbocycles. The van der Waals surface area contributed by atoms with Gasteiger partial charge in [0.05, 0.1) is 11.4 Å². The highest BCUT2D eigenvalue weighted by Crippen LogP contribution is 2.25. The minimum atomic E-state index is 0.797. The van der Waals surface area contributed by atoms with Crippen LogP contribution in [0.2, 0.25) is 0 Å². The van der Waals surface area contributed by atoms with Gasteiger partial charge in [-0.15, -0.1) is 0 Å². The first kappa shape index (κ1) is 12.2. The molecule has 0 aliphatic heterocycles. The fourth-order valence-corrected chi connectivity index (χ4v) is 1.84. The first-order valence-corrected chi connectivity index (χ1v) is 6.00. The van der Waals surface area contributed by atoms with Crippen molar-refractivity contribution in [1.29, 1.82) is 0 Å². The molecule has 0 amide bonds. The van der Waals surface area contributed by atoms with Crippen LogP contribution in [0.1, 0.15) is 18.1 Å². The third-order valence-electron chi connectivity index (χ3n) is 2.67. The summed E-state index contributed by atoms with van der Waals surface area (Å²) in [5.41, 5.74) is 4.28. The zero-order chi connectivity index (χ0) is 12.8. The summed E-state index contributed by atoms with van der Waals surface area (Å²) in [6, 6.07) is 6.15. The lowest BCUT2D eigenvalue weighted by molar-refractivity contribution is 1.16. The van der Waals surface area contributed by atoms with E-state index in [1.54, 1.807) is 6.08 Å². The minimum Gasteiger partial charge on any atom is -0.151 e. The molecule has 0 atom stereocenters. The Bertz CT molecular complexity index is 560. The summed E-state index contributed by atoms with van der Waals surface area (Å²) in [4.78, 5) is 0. The Hall–Kier alpha value is -2.22. The standard InChI is InChI=1S/C16H16N2/c1-3-6-15(7-4-2)17-18-16-11-10-13-8-5-9-14(13)12-16/h3-8,10-12H,1,9H2,2H3/b7-4-,15-6+,18-17?. The molecule has 0 unspecified atom stereocenters. The number of hydrogen-bond acceptors (Lipinski definition) is 2. The molecular weight excluding hydrogens is 220 g/mol. The molecule has 1 aliphatic rings. The van der Waals surface area contributed by atoms with Gasteiger partial charge in [0.15, 0.2) is 0 Å². The maximum absolute atomic E-state index is 4.25. The molecule has 0 bridgehead atoms. The van der Waals surface area contributed by atoms with Crippen molar-refractivity contribution in [2.24, 2.45) is 10.2 Å². The van der Waals surface area contributed by atoms with Gasteiger partial charge >= 0.3 is 0 Å². The molecule has 0 aromatic heterocycles. The smallest absolute Gasteiger partial charge is 0.0860 e. The molecular formula is C16H16N2. The van der Waals surface area contributed by atoms with Gasteiger partial charge in [0.25, 0.3) is 0 Å². The van der Waals surface area contributed by atoms with Crippen molar-refractivity contribution in [3.8, 4) is 0 Å². The number of azo groups is 1. The Balaban J connectivity index is 2.18. The maximum atomic E-state index is 4.25. The first-order valence-electron chi connectivity index (χ1n) is 6.00. The van der Waals surface area contributed by atoms with Gasteiger partial charge in [-0.05, 0) is 48.8 Å². The molecule has 0 heterocycles. The van der Waals surface area contributed by atoms with Crippen molar-refractivity contribution >= 4 is 11.8 Å². The number of fused-ring (bicyclic) bond motifs is 1. The zero-order valence-corrected chi connectivity index (χ0v) is 10.5. The molecule has 0 radical (unpaired) electrons. The average molecular weight is 236 g/mol. The monoisotopic (exact) mass is 236 g/mol. The van der Waals surface area contributed by atoms with Gasteiger partial charge in [-0.1, -0.05) is 36.9 Å². The predicted molar refractivity (Wildman–Crippen MR) is 76.8 cm³/mol. The van der Waals surface area contributed by atoms with Crippen LogP contribution in [-0.2, 0) is 6.42 Å². The SMILES string of the molecule is C=C/C=C(\C=C/C)N=Nc1ccc2c(c1)CC=C2. The largest absolute Gasteiger partial charge is 0.151 e. The fourth-order valence-electron chi connectivity index (χ4n) is 1.84. The van der Waals surface area contributed by atoms with Crippen molar-refractivity contribution in [3.05, 3.63) is 72.0 Å². The Labute approximate surface area is 108 Å². The van der Waals surface area contributed by atoms with Crippen LogP contribution in [0, 0.1) is 0 Å². The van der Waals surface area contributed by atoms with E-state index >= 15 is 0 Å². The Morgan fingerprint density at radius 2 is 2.28 bits per heavy atom. The van der Waals surface area contributed by atoms with E-state index in [1.807, 2.05) is 31.2 Å². The second-order valence-electron chi connectivity index (χ2n) is 4.02. The van der Waals surface area contributed by atoms with Crippen LogP contribution < -0.4 is 0 Å². The second kappa shape index (κ2) is 5.92. The van der Waals surface area contributed by atoms with Crippen LogP contribution >= 0.6 is 0 Å². The molecule has 18 heavy (non-hydrogen) atoms. The molecule has 2 heteroatoms. The molecule has 0 spiro atoms. The van der Waals surface area contributed by atoms with Crippen LogP contribution in [-0.4, -0.2) is 0 Å². The Morgan fingerprint density at radius 3 is 3.06 bits per heavy atom. The normalized spacial score (nSPS) is 14.6. The zero-order valence-electron chi connectivity index (χ0n) is 10.5. The molecule has 1 aromatic rings. The highest BCUT2D eigenvalue weighted by molar-refractivity contribution is 5.63. The van der Waals surface area contributed by atoms with Crippen LogP contribution in [0.15, 0.2) is 71.1 Å². The van der Waals surface area contributed by atoms with Gasteiger partial charge in [-0.3, -0.25) is 0 Å². The summed E-state index contributed by atoms with van der Waals surface area (Å²) in [6.07, 6.45) is 12.7. The van der Waals surface area contributed by atoms with Crippen molar-refractivity contribution in [3.63, 3.8) is 0 Å². The first-order chi connectivity index (χ1) is 8.83. The van der Waals surface area contributed by atoms with Crippen LogP contribution in [0.4, 0.5) is 5.69 Å². The van der Waals surface area contributed by atoms with Gasteiger partial charge < -0.3 is 0 Å². The van der Waals surface area contributed by atoms with E-state index in [1.165, 1.54) is 11.1 Å². The average Bonchev–Trinajstić information content (AvgIpc) is 2.84. The molecule has 2 nitrogen and oxygen atoms in total. The van der Waals surface area contributed by atoms with E-state index in [9.17, 15) is 0 Å². The van der Waals surface area contributed by atoms with Crippen LogP contribution in [0.25, 0.3) is 6.08 Å². The van der Waals surface area contributed by atoms with E-state index in [0.29, 0.717) is 0 Å². The van der Waals surface area contributed by atoms with E-state index < -0.39 is 0 Å². The number of nitrogens with zero attached hydrogens (tertiary/aromatic N) is 2. The lowest BCUT2D eigenvalue weighted by atomic mass is 10.1. The van der Waals surface area contributed by atoms with Crippen molar-refractivity contribution in [2.75, 3.05) is 0 Å². The van der Waals surface area contributed by atoms with E-state index in [4.69, 9.17) is 0 Å². The maximum Gasteiger partial charge on any atom is 0.0860 e. The summed E-state index contributed by atoms with van der Waals surface area (Å²) in [7, 11) is 0. The van der Waals surface area contributed by atoms with Gasteiger partial charge in [0.2, 0.25) is 0 Å². The van der Waals surface area contributed by atoms with Gasteiger partial charge in [0.1, 0.15) is 0 Å². The number of benzene rings is 1. The number of allylic oxidation sites excluding steroid dienone is 5. The van der Waals surface area contributed by atoms with E-state index in [0.717, 1.165) is 17.8 Å². The van der Waals surface area contributed by atoms with Crippen molar-refractivity contribution < 1.29 is 0 Å². The molecule has 1 aliphatic carbocycles. The topological polar surface area (TPSA) is 24.7 Å². The van der Waals surface area contributed by atoms with Crippen molar-refractivity contribution in [2.45, 2.75) is 13.3 Å². The quantitative estimate of drug-likeness (QED) is 0.520. The summed E-state index contributed by atoms with van der Waals surface area (Å²) in [5, 5.41) is 8.46. The Morgan fingerprint density at radius 1 is 1.39 bits per heavy atom. The lowest BCUT2D eigenvalue weighted by Gasteiger charge is -1.99. The molecule has 2 rings (SSSR count). The highest BCUT2D eigenvalue weighted by atomic mass is 15.1. The van der Waals surface area contributed by atoms with Gasteiger partial charge in [-0.2, -0.15) is 10.2 Å². The number of rotatable bonds is 4. The molecule has 0 fully saturated rings. The molecule has 0 saturated heterocycles. The summed E-state index contributed by atoms with van der Waals surface area (Å²) in [5.74, 6) is 0. The van der Waals surface area contributed by atoms with Crippen molar-refractivity contribution in [1.82, 2.24) is 0 Å².